The van der Waals surface area contributed by atoms with Crippen molar-refractivity contribution in [3.05, 3.63) is 0 Å². The molecule has 0 aromatic carbocycles. The summed E-state index contributed by atoms with van der Waals surface area (Å²) in [6.45, 7) is 3.48. The number of aliphatic hydroxyl groups excluding tert-OH is 1. The molecule has 0 radical (unpaired) electrons. The maximum Gasteiger partial charge on any atom is 0.472 e. The maximum absolute atomic E-state index is 12.0. The Bertz CT molecular complexity index is 799. The first-order valence-corrected chi connectivity index (χ1v) is 22.5. The fourth-order valence-electron chi connectivity index (χ4n) is 6.09. The Balaban J connectivity index is 3.44. The molecule has 9 nitrogen and oxygen atoms in total. The van der Waals surface area contributed by atoms with Crippen LogP contribution in [0.2, 0.25) is 0 Å². The first-order chi connectivity index (χ1) is 24.3. The number of hydrogen-bond acceptors (Lipinski definition) is 7. The van der Waals surface area contributed by atoms with E-state index in [0.29, 0.717) is 6.42 Å². The number of carbonyl (C=O) groups is 2. The molecular formula is C40H80NO8P. The number of ether oxygens (including phenoxy) is 1. The molecule has 3 N–H and O–H groups in total. The number of aliphatic hydroxyl groups is 1. The predicted octanol–water partition coefficient (Wildman–Crippen LogP) is 11.3. The van der Waals surface area contributed by atoms with Crippen LogP contribution in [-0.2, 0) is 27.9 Å². The summed E-state index contributed by atoms with van der Waals surface area (Å²) >= 11 is 0. The van der Waals surface area contributed by atoms with Gasteiger partial charge in [-0.05, 0) is 12.8 Å². The molecule has 0 aromatic heterocycles. The summed E-state index contributed by atoms with van der Waals surface area (Å²) in [5, 5.41) is 12.6. The van der Waals surface area contributed by atoms with E-state index >= 15 is 0 Å². The van der Waals surface area contributed by atoms with Crippen LogP contribution in [0.1, 0.15) is 213 Å². The number of carbonyl (C=O) groups excluding carboxylic acids is 2. The van der Waals surface area contributed by atoms with Gasteiger partial charge in [0.05, 0.1) is 13.2 Å². The van der Waals surface area contributed by atoms with Gasteiger partial charge in [0.15, 0.2) is 0 Å². The number of rotatable bonds is 40. The molecule has 298 valence electrons. The molecule has 0 spiro atoms. The van der Waals surface area contributed by atoms with E-state index in [0.717, 1.165) is 51.4 Å². The summed E-state index contributed by atoms with van der Waals surface area (Å²) in [5.41, 5.74) is 0. The lowest BCUT2D eigenvalue weighted by Gasteiger charge is -2.15. The Kier molecular flexibility index (Phi) is 37.0. The standard InChI is InChI=1S/C40H80NO8P/c1-3-5-7-9-10-11-12-13-14-15-16-17-18-19-20-21-22-23-24-25-26-27-29-30-32-39(43)41-34-35-48-50(45,46)49-37-38(42)36-47-40(44)33-31-28-8-6-4-2/h38,42H,3-37H2,1-2H3,(H,41,43)(H,45,46). The van der Waals surface area contributed by atoms with Crippen molar-refractivity contribution < 1.29 is 37.9 Å². The molecule has 0 bridgehead atoms. The molecule has 0 saturated heterocycles. The van der Waals surface area contributed by atoms with Gasteiger partial charge in [-0.3, -0.25) is 18.6 Å². The lowest BCUT2D eigenvalue weighted by atomic mass is 10.0. The molecule has 0 aliphatic carbocycles. The molecule has 0 heterocycles. The van der Waals surface area contributed by atoms with Gasteiger partial charge in [0.25, 0.3) is 0 Å². The van der Waals surface area contributed by atoms with Crippen LogP contribution in [0.5, 0.6) is 0 Å². The second-order valence-electron chi connectivity index (χ2n) is 14.3. The minimum absolute atomic E-state index is 0.0879. The monoisotopic (exact) mass is 734 g/mol. The van der Waals surface area contributed by atoms with Crippen LogP contribution in [0.3, 0.4) is 0 Å². The zero-order chi connectivity index (χ0) is 36.8. The quantitative estimate of drug-likeness (QED) is 0.0322. The van der Waals surface area contributed by atoms with Crippen molar-refractivity contribution in [2.75, 3.05) is 26.4 Å². The van der Waals surface area contributed by atoms with Gasteiger partial charge in [0.2, 0.25) is 5.91 Å². The SMILES string of the molecule is CCCCCCCCCCCCCCCCCCCCCCCCCCC(=O)NCCOP(=O)(O)OCC(O)COC(=O)CCCCCCC. The minimum atomic E-state index is -4.40. The largest absolute Gasteiger partial charge is 0.472 e. The van der Waals surface area contributed by atoms with E-state index in [4.69, 9.17) is 13.8 Å². The first kappa shape index (κ1) is 49.0. The molecule has 0 saturated carbocycles. The first-order valence-electron chi connectivity index (χ1n) is 21.0. The highest BCUT2D eigenvalue weighted by Crippen LogP contribution is 2.42. The third-order valence-electron chi connectivity index (χ3n) is 9.29. The minimum Gasteiger partial charge on any atom is -0.463 e. The van der Waals surface area contributed by atoms with Gasteiger partial charge >= 0.3 is 13.8 Å². The molecule has 1 amide bonds. The van der Waals surface area contributed by atoms with E-state index in [2.05, 4.69) is 19.2 Å². The number of phosphoric ester groups is 1. The van der Waals surface area contributed by atoms with Gasteiger partial charge in [0.1, 0.15) is 12.7 Å². The fourth-order valence-corrected chi connectivity index (χ4v) is 6.84. The number of unbranched alkanes of at least 4 members (excludes halogenated alkanes) is 27. The Morgan fingerprint density at radius 2 is 0.900 bits per heavy atom. The van der Waals surface area contributed by atoms with Gasteiger partial charge in [-0.15, -0.1) is 0 Å². The van der Waals surface area contributed by atoms with E-state index < -0.39 is 26.5 Å². The summed E-state index contributed by atoms with van der Waals surface area (Å²) in [6, 6.07) is 0. The van der Waals surface area contributed by atoms with Crippen LogP contribution in [-0.4, -0.2) is 54.3 Å². The summed E-state index contributed by atoms with van der Waals surface area (Å²) in [5.74, 6) is -0.519. The van der Waals surface area contributed by atoms with Crippen molar-refractivity contribution in [1.82, 2.24) is 5.32 Å². The lowest BCUT2D eigenvalue weighted by molar-refractivity contribution is -0.147. The average molecular weight is 734 g/mol. The van der Waals surface area contributed by atoms with Gasteiger partial charge in [-0.2, -0.15) is 0 Å². The molecule has 10 heteroatoms. The molecule has 50 heavy (non-hydrogen) atoms. The number of phosphoric acid groups is 1. The molecule has 0 aliphatic heterocycles. The zero-order valence-corrected chi connectivity index (χ0v) is 33.5. The zero-order valence-electron chi connectivity index (χ0n) is 32.6. The van der Waals surface area contributed by atoms with Gasteiger partial charge in [-0.1, -0.05) is 187 Å². The lowest BCUT2D eigenvalue weighted by Crippen LogP contribution is -2.27. The topological polar surface area (TPSA) is 131 Å². The van der Waals surface area contributed by atoms with E-state index in [1.807, 2.05) is 0 Å². The number of nitrogens with one attached hydrogen (secondary N) is 1. The fraction of sp³-hybridized carbons (Fsp3) is 0.950. The van der Waals surface area contributed by atoms with E-state index in [1.165, 1.54) is 135 Å². The summed E-state index contributed by atoms with van der Waals surface area (Å²) in [4.78, 5) is 33.5. The highest BCUT2D eigenvalue weighted by atomic mass is 31.2. The highest BCUT2D eigenvalue weighted by Gasteiger charge is 2.23. The third kappa shape index (κ3) is 38.2. The molecule has 0 fully saturated rings. The van der Waals surface area contributed by atoms with Gasteiger partial charge in [0, 0.05) is 19.4 Å². The van der Waals surface area contributed by atoms with Crippen LogP contribution in [0.25, 0.3) is 0 Å². The van der Waals surface area contributed by atoms with Crippen LogP contribution in [0.4, 0.5) is 0 Å². The summed E-state index contributed by atoms with van der Waals surface area (Å²) in [6.07, 6.45) is 36.7. The van der Waals surface area contributed by atoms with E-state index in [9.17, 15) is 24.2 Å². The second kappa shape index (κ2) is 37.8. The van der Waals surface area contributed by atoms with E-state index in [-0.39, 0.29) is 32.1 Å². The van der Waals surface area contributed by atoms with Gasteiger partial charge < -0.3 is 20.1 Å². The second-order valence-corrected chi connectivity index (χ2v) is 15.8. The van der Waals surface area contributed by atoms with Crippen LogP contribution < -0.4 is 5.32 Å². The van der Waals surface area contributed by atoms with Crippen molar-refractivity contribution >= 4 is 19.7 Å². The van der Waals surface area contributed by atoms with Crippen molar-refractivity contribution in [3.63, 3.8) is 0 Å². The highest BCUT2D eigenvalue weighted by molar-refractivity contribution is 7.47. The number of esters is 1. The molecule has 2 unspecified atom stereocenters. The third-order valence-corrected chi connectivity index (χ3v) is 10.3. The maximum atomic E-state index is 12.0. The van der Waals surface area contributed by atoms with Crippen LogP contribution in [0, 0.1) is 0 Å². The van der Waals surface area contributed by atoms with Crippen molar-refractivity contribution in [3.8, 4) is 0 Å². The molecule has 0 aromatic rings. The molecule has 2 atom stereocenters. The van der Waals surface area contributed by atoms with Crippen molar-refractivity contribution in [2.24, 2.45) is 0 Å². The Labute approximate surface area is 307 Å². The summed E-state index contributed by atoms with van der Waals surface area (Å²) in [7, 11) is -4.40. The van der Waals surface area contributed by atoms with Crippen molar-refractivity contribution in [2.45, 2.75) is 219 Å². The molecular weight excluding hydrogens is 653 g/mol. The predicted molar refractivity (Wildman–Crippen MR) is 206 cm³/mol. The Morgan fingerprint density at radius 1 is 0.540 bits per heavy atom. The van der Waals surface area contributed by atoms with Gasteiger partial charge in [-0.25, -0.2) is 4.57 Å². The summed E-state index contributed by atoms with van der Waals surface area (Å²) < 4.78 is 26.6. The van der Waals surface area contributed by atoms with E-state index in [1.54, 1.807) is 0 Å². The Morgan fingerprint density at radius 3 is 1.30 bits per heavy atom. The average Bonchev–Trinajstić information content (AvgIpc) is 3.10. The normalized spacial score (nSPS) is 13.3. The van der Waals surface area contributed by atoms with Crippen molar-refractivity contribution in [1.29, 1.82) is 0 Å². The molecule has 0 aliphatic rings. The van der Waals surface area contributed by atoms with Crippen LogP contribution >= 0.6 is 7.82 Å². The Hall–Kier alpha value is -0.990. The van der Waals surface area contributed by atoms with Crippen LogP contribution in [0.15, 0.2) is 0 Å². The smallest absolute Gasteiger partial charge is 0.463 e. The number of amides is 1. The molecule has 0 rings (SSSR count). The number of hydrogen-bond donors (Lipinski definition) is 3.